The molecule has 0 aliphatic heterocycles. The van der Waals surface area contributed by atoms with Crippen LogP contribution in [0, 0.1) is 23.6 Å². The smallest absolute Gasteiger partial charge is 0.124 e. The maximum absolute atomic E-state index is 13.1. The van der Waals surface area contributed by atoms with E-state index in [1.54, 1.807) is 12.1 Å². The van der Waals surface area contributed by atoms with Gasteiger partial charge in [0.25, 0.3) is 0 Å². The van der Waals surface area contributed by atoms with E-state index in [0.29, 0.717) is 6.04 Å². The largest absolute Gasteiger partial charge is 0.316 e. The van der Waals surface area contributed by atoms with Crippen LogP contribution in [0.4, 0.5) is 4.39 Å². The molecular weight excluding hydrogens is 305 g/mol. The molecule has 2 fully saturated rings. The summed E-state index contributed by atoms with van der Waals surface area (Å²) in [7, 11) is 2.06. The van der Waals surface area contributed by atoms with Crippen LogP contribution in [-0.2, 0) is 6.42 Å². The van der Waals surface area contributed by atoms with Crippen molar-refractivity contribution in [3.8, 4) is 0 Å². The van der Waals surface area contributed by atoms with Crippen LogP contribution in [0.15, 0.2) is 22.7 Å². The lowest BCUT2D eigenvalue weighted by Crippen LogP contribution is -2.31. The lowest BCUT2D eigenvalue weighted by molar-refractivity contribution is 0.459. The van der Waals surface area contributed by atoms with Gasteiger partial charge in [0.05, 0.1) is 0 Å². The van der Waals surface area contributed by atoms with Gasteiger partial charge in [-0.15, -0.1) is 0 Å². The van der Waals surface area contributed by atoms with Gasteiger partial charge < -0.3 is 5.32 Å². The first-order chi connectivity index (χ1) is 9.20. The Morgan fingerprint density at radius 1 is 1.32 bits per heavy atom. The predicted octanol–water partition coefficient (Wildman–Crippen LogP) is 4.15. The van der Waals surface area contributed by atoms with Gasteiger partial charge in [-0.1, -0.05) is 34.8 Å². The second-order valence-electron chi connectivity index (χ2n) is 6.02. The number of hydrogen-bond acceptors (Lipinski definition) is 1. The minimum atomic E-state index is -0.170. The van der Waals surface area contributed by atoms with Gasteiger partial charge in [-0.2, -0.15) is 0 Å². The Bertz CT molecular complexity index is 450. The fourth-order valence-corrected chi connectivity index (χ4v) is 4.51. The zero-order valence-corrected chi connectivity index (χ0v) is 12.9. The molecule has 104 valence electrons. The highest BCUT2D eigenvalue weighted by Crippen LogP contribution is 2.57. The first-order valence-electron chi connectivity index (χ1n) is 7.32. The highest BCUT2D eigenvalue weighted by Gasteiger charge is 2.53. The third-order valence-corrected chi connectivity index (χ3v) is 5.75. The Balaban J connectivity index is 1.70. The Morgan fingerprint density at radius 2 is 2.00 bits per heavy atom. The van der Waals surface area contributed by atoms with Gasteiger partial charge in [-0.05, 0) is 61.8 Å². The molecule has 1 aromatic rings. The van der Waals surface area contributed by atoms with Crippen molar-refractivity contribution in [1.29, 1.82) is 0 Å². The SMILES string of the molecule is CNC(Cc1ccc(F)cc1Br)C1C2CCCCC21. The van der Waals surface area contributed by atoms with Crippen LogP contribution in [0.25, 0.3) is 0 Å². The maximum Gasteiger partial charge on any atom is 0.124 e. The quantitative estimate of drug-likeness (QED) is 0.876. The number of fused-ring (bicyclic) bond motifs is 1. The summed E-state index contributed by atoms with van der Waals surface area (Å²) in [5, 5.41) is 3.50. The summed E-state index contributed by atoms with van der Waals surface area (Å²) in [6.07, 6.45) is 6.65. The second-order valence-corrected chi connectivity index (χ2v) is 6.88. The van der Waals surface area contributed by atoms with Crippen molar-refractivity contribution >= 4 is 15.9 Å². The molecular formula is C16H21BrFN. The molecule has 1 N–H and O–H groups in total. The monoisotopic (exact) mass is 325 g/mol. The van der Waals surface area contributed by atoms with Crippen molar-refractivity contribution in [3.63, 3.8) is 0 Å². The normalized spacial score (nSPS) is 30.8. The molecule has 0 radical (unpaired) electrons. The molecule has 0 heterocycles. The molecule has 0 saturated heterocycles. The standard InChI is InChI=1S/C16H21BrFN/c1-19-15(16-12-4-2-3-5-13(12)16)8-10-6-7-11(18)9-14(10)17/h6-7,9,12-13,15-16,19H,2-5,8H2,1H3. The molecule has 2 aliphatic rings. The Hall–Kier alpha value is -0.410. The van der Waals surface area contributed by atoms with Gasteiger partial charge in [0.15, 0.2) is 0 Å². The second kappa shape index (κ2) is 5.53. The Labute approximate surface area is 123 Å². The van der Waals surface area contributed by atoms with Crippen molar-refractivity contribution in [3.05, 3.63) is 34.1 Å². The minimum Gasteiger partial charge on any atom is -0.316 e. The van der Waals surface area contributed by atoms with Crippen LogP contribution < -0.4 is 5.32 Å². The number of benzene rings is 1. The first kappa shape index (κ1) is 13.6. The van der Waals surface area contributed by atoms with Gasteiger partial charge in [0.1, 0.15) is 5.82 Å². The highest BCUT2D eigenvalue weighted by atomic mass is 79.9. The summed E-state index contributed by atoms with van der Waals surface area (Å²) < 4.78 is 14.0. The van der Waals surface area contributed by atoms with E-state index < -0.39 is 0 Å². The van der Waals surface area contributed by atoms with Crippen molar-refractivity contribution in [2.24, 2.45) is 17.8 Å². The average Bonchev–Trinajstić information content (AvgIpc) is 3.12. The molecule has 19 heavy (non-hydrogen) atoms. The van der Waals surface area contributed by atoms with Crippen LogP contribution in [0.1, 0.15) is 31.2 Å². The topological polar surface area (TPSA) is 12.0 Å². The molecule has 0 aromatic heterocycles. The number of halogens is 2. The van der Waals surface area contributed by atoms with Crippen LogP contribution in [0.2, 0.25) is 0 Å². The number of hydrogen-bond donors (Lipinski definition) is 1. The van der Waals surface area contributed by atoms with Gasteiger partial charge >= 0.3 is 0 Å². The van der Waals surface area contributed by atoms with Crippen LogP contribution in [0.5, 0.6) is 0 Å². The molecule has 0 bridgehead atoms. The van der Waals surface area contributed by atoms with E-state index in [4.69, 9.17) is 0 Å². The zero-order valence-electron chi connectivity index (χ0n) is 11.3. The third kappa shape index (κ3) is 2.73. The number of nitrogens with one attached hydrogen (secondary N) is 1. The fourth-order valence-electron chi connectivity index (χ4n) is 4.00. The van der Waals surface area contributed by atoms with E-state index in [-0.39, 0.29) is 5.82 Å². The summed E-state index contributed by atoms with van der Waals surface area (Å²) in [5.74, 6) is 2.57. The molecule has 3 heteroatoms. The Morgan fingerprint density at radius 3 is 2.58 bits per heavy atom. The van der Waals surface area contributed by atoms with Crippen molar-refractivity contribution in [2.75, 3.05) is 7.05 Å². The van der Waals surface area contributed by atoms with Crippen molar-refractivity contribution in [1.82, 2.24) is 5.32 Å². The molecule has 3 rings (SSSR count). The van der Waals surface area contributed by atoms with E-state index in [2.05, 4.69) is 28.3 Å². The zero-order chi connectivity index (χ0) is 13.4. The summed E-state index contributed by atoms with van der Waals surface area (Å²) in [4.78, 5) is 0. The van der Waals surface area contributed by atoms with Crippen LogP contribution >= 0.6 is 15.9 Å². The molecule has 1 aromatic carbocycles. The summed E-state index contributed by atoms with van der Waals surface area (Å²) in [5.41, 5.74) is 1.21. The lowest BCUT2D eigenvalue weighted by atomic mass is 10.00. The van der Waals surface area contributed by atoms with Crippen LogP contribution in [0.3, 0.4) is 0 Å². The number of rotatable bonds is 4. The number of likely N-dealkylation sites (N-methyl/N-ethyl adjacent to an activating group) is 1. The lowest BCUT2D eigenvalue weighted by Gasteiger charge is -2.17. The molecule has 2 saturated carbocycles. The molecule has 0 spiro atoms. The van der Waals surface area contributed by atoms with E-state index in [1.165, 1.54) is 31.2 Å². The van der Waals surface area contributed by atoms with Crippen molar-refractivity contribution in [2.45, 2.75) is 38.1 Å². The summed E-state index contributed by atoms with van der Waals surface area (Å²) in [6.45, 7) is 0. The molecule has 3 unspecified atom stereocenters. The summed E-state index contributed by atoms with van der Waals surface area (Å²) in [6, 6.07) is 5.58. The van der Waals surface area contributed by atoms with Gasteiger partial charge in [-0.3, -0.25) is 0 Å². The average molecular weight is 326 g/mol. The van der Waals surface area contributed by atoms with Gasteiger partial charge in [0, 0.05) is 10.5 Å². The highest BCUT2D eigenvalue weighted by molar-refractivity contribution is 9.10. The maximum atomic E-state index is 13.1. The first-order valence-corrected chi connectivity index (χ1v) is 8.11. The third-order valence-electron chi connectivity index (χ3n) is 5.01. The van der Waals surface area contributed by atoms with E-state index in [0.717, 1.165) is 28.6 Å². The van der Waals surface area contributed by atoms with Gasteiger partial charge in [-0.25, -0.2) is 4.39 Å². The van der Waals surface area contributed by atoms with E-state index in [9.17, 15) is 4.39 Å². The van der Waals surface area contributed by atoms with E-state index >= 15 is 0 Å². The molecule has 1 nitrogen and oxygen atoms in total. The van der Waals surface area contributed by atoms with Crippen LogP contribution in [-0.4, -0.2) is 13.1 Å². The van der Waals surface area contributed by atoms with E-state index in [1.807, 2.05) is 6.07 Å². The minimum absolute atomic E-state index is 0.170. The molecule has 0 amide bonds. The molecule has 3 atom stereocenters. The predicted molar refractivity (Wildman–Crippen MR) is 79.6 cm³/mol. The Kier molecular flexibility index (Phi) is 3.95. The fraction of sp³-hybridized carbons (Fsp3) is 0.625. The van der Waals surface area contributed by atoms with Crippen molar-refractivity contribution < 1.29 is 4.39 Å². The van der Waals surface area contributed by atoms with Gasteiger partial charge in [0.2, 0.25) is 0 Å². The summed E-state index contributed by atoms with van der Waals surface area (Å²) >= 11 is 3.48. The molecule has 2 aliphatic carbocycles.